The van der Waals surface area contributed by atoms with Crippen LogP contribution in [0, 0.1) is 0 Å². The Balaban J connectivity index is 1.27. The highest BCUT2D eigenvalue weighted by molar-refractivity contribution is 7.31. The van der Waals surface area contributed by atoms with Crippen LogP contribution in [0.2, 0.25) is 0 Å². The topological polar surface area (TPSA) is 80.4 Å². The van der Waals surface area contributed by atoms with Gasteiger partial charge in [0.15, 0.2) is 0 Å². The summed E-state index contributed by atoms with van der Waals surface area (Å²) in [6.45, 7) is 2.27. The molecule has 7 rings (SSSR count). The van der Waals surface area contributed by atoms with Crippen LogP contribution in [-0.2, 0) is 0 Å². The molecule has 0 saturated carbocycles. The van der Waals surface area contributed by atoms with Gasteiger partial charge in [-0.1, -0.05) is 85.8 Å². The Morgan fingerprint density at radius 2 is 1.38 bits per heavy atom. The van der Waals surface area contributed by atoms with Gasteiger partial charge in [-0.2, -0.15) is 0 Å². The molecule has 1 amide bonds. The van der Waals surface area contributed by atoms with E-state index >= 15 is 0 Å². The highest BCUT2D eigenvalue weighted by Gasteiger charge is 2.17. The first kappa shape index (κ1) is 24.5. The van der Waals surface area contributed by atoms with Gasteiger partial charge in [0.05, 0.1) is 12.6 Å². The van der Waals surface area contributed by atoms with Crippen molar-refractivity contribution in [2.45, 2.75) is 19.4 Å². The molecule has 40 heavy (non-hydrogen) atoms. The number of amides is 1. The summed E-state index contributed by atoms with van der Waals surface area (Å²) in [6, 6.07) is 34.2. The third-order valence-electron chi connectivity index (χ3n) is 7.36. The van der Waals surface area contributed by atoms with Crippen molar-refractivity contribution in [1.82, 2.24) is 10.3 Å². The Labute approximate surface area is 231 Å². The number of hydrogen-bond acceptors (Lipinski definition) is 4. The van der Waals surface area contributed by atoms with Crippen LogP contribution < -0.4 is 9.84 Å². The maximum Gasteiger partial charge on any atom is 0.387 e. The normalized spacial score (nSPS) is 12.4. The Kier molecular flexibility index (Phi) is 6.27. The predicted molar refractivity (Wildman–Crippen MR) is 163 cm³/mol. The van der Waals surface area contributed by atoms with Crippen molar-refractivity contribution < 1.29 is 17.7 Å². The molecule has 2 heterocycles. The lowest BCUT2D eigenvalue weighted by Gasteiger charge is -2.15. The minimum atomic E-state index is -1.78. The van der Waals surface area contributed by atoms with Crippen molar-refractivity contribution in [3.63, 3.8) is 0 Å². The van der Waals surface area contributed by atoms with E-state index in [1.54, 1.807) is 0 Å². The number of H-pyrrole nitrogens is 1. The van der Waals surface area contributed by atoms with Crippen LogP contribution in [0.25, 0.3) is 54.4 Å². The van der Waals surface area contributed by atoms with Crippen molar-refractivity contribution in [1.29, 1.82) is 0 Å². The van der Waals surface area contributed by atoms with Gasteiger partial charge in [-0.25, -0.2) is 0 Å². The lowest BCUT2D eigenvalue weighted by molar-refractivity contribution is 0.0921. The molecule has 0 unspecified atom stereocenters. The van der Waals surface area contributed by atoms with Gasteiger partial charge in [0, 0.05) is 21.7 Å². The fourth-order valence-electron chi connectivity index (χ4n) is 5.27. The van der Waals surface area contributed by atoms with E-state index in [2.05, 4.69) is 46.7 Å². The maximum atomic E-state index is 13.0. The van der Waals surface area contributed by atoms with Gasteiger partial charge in [-0.05, 0) is 52.2 Å². The first-order valence-corrected chi connectivity index (χ1v) is 14.5. The number of para-hydroxylation sites is 1. The van der Waals surface area contributed by atoms with Crippen molar-refractivity contribution in [3.8, 4) is 0 Å². The number of benzene rings is 5. The van der Waals surface area contributed by atoms with E-state index in [-0.39, 0.29) is 18.6 Å². The third-order valence-corrected chi connectivity index (χ3v) is 8.41. The summed E-state index contributed by atoms with van der Waals surface area (Å²) in [7, 11) is -1.78. The van der Waals surface area contributed by atoms with Gasteiger partial charge >= 0.3 is 8.24 Å². The second-order valence-corrected chi connectivity index (χ2v) is 10.9. The number of nitrogens with one attached hydrogen (secondary N) is 2. The van der Waals surface area contributed by atoms with Crippen LogP contribution in [0.3, 0.4) is 0 Å². The minimum Gasteiger partial charge on any atom is -0.399 e. The third kappa shape index (κ3) is 4.41. The summed E-state index contributed by atoms with van der Waals surface area (Å²) in [6.07, 6.45) is 0.692. The van der Waals surface area contributed by atoms with E-state index < -0.39 is 8.24 Å². The number of hydrogen-bond donors (Lipinski definition) is 2. The van der Waals surface area contributed by atoms with Crippen LogP contribution in [0.1, 0.15) is 23.8 Å². The van der Waals surface area contributed by atoms with E-state index in [9.17, 15) is 4.79 Å². The van der Waals surface area contributed by atoms with Crippen LogP contribution in [0.5, 0.6) is 0 Å². The molecule has 0 fully saturated rings. The highest BCUT2D eigenvalue weighted by atomic mass is 31.1. The van der Waals surface area contributed by atoms with Gasteiger partial charge in [0.25, 0.3) is 5.91 Å². The summed E-state index contributed by atoms with van der Waals surface area (Å²) in [5, 5.41) is 10.5. The molecule has 0 saturated heterocycles. The monoisotopic (exact) mass is 546 g/mol. The number of aromatic amines is 1. The number of rotatable bonds is 6. The summed E-state index contributed by atoms with van der Waals surface area (Å²) in [4.78, 5) is 16.2. The molecule has 0 bridgehead atoms. The van der Waals surface area contributed by atoms with E-state index in [4.69, 9.17) is 12.9 Å². The molecule has 6 nitrogen and oxygen atoms in total. The molecule has 0 aliphatic carbocycles. The largest absolute Gasteiger partial charge is 0.399 e. The van der Waals surface area contributed by atoms with Crippen LogP contribution in [0.15, 0.2) is 112 Å². The lowest BCUT2D eigenvalue weighted by Crippen LogP contribution is -2.38. The van der Waals surface area contributed by atoms with Gasteiger partial charge in [0.1, 0.15) is 16.9 Å². The summed E-state index contributed by atoms with van der Waals surface area (Å²) < 4.78 is 19.1. The second kappa shape index (κ2) is 10.2. The molecular formula is C33H27N2O4P. The molecule has 1 atom stereocenters. The Bertz CT molecular complexity index is 1950. The summed E-state index contributed by atoms with van der Waals surface area (Å²) in [5.74, 6) is -0.171. The number of carbonyl (C=O) groups excluding carboxylic acids is 1. The minimum absolute atomic E-state index is 0.171. The van der Waals surface area contributed by atoms with Gasteiger partial charge in [0.2, 0.25) is 0 Å². The van der Waals surface area contributed by atoms with E-state index in [1.807, 2.05) is 73.7 Å². The number of carbonyl (C=O) groups is 1. The quantitative estimate of drug-likeness (QED) is 0.219. The average Bonchev–Trinajstić information content (AvgIpc) is 3.36. The lowest BCUT2D eigenvalue weighted by atomic mass is 9.99. The van der Waals surface area contributed by atoms with Crippen LogP contribution in [-0.4, -0.2) is 23.5 Å². The smallest absolute Gasteiger partial charge is 0.387 e. The summed E-state index contributed by atoms with van der Waals surface area (Å²) >= 11 is 0. The molecule has 0 spiro atoms. The summed E-state index contributed by atoms with van der Waals surface area (Å²) in [5.41, 5.74) is 2.89. The van der Waals surface area contributed by atoms with E-state index in [0.29, 0.717) is 12.1 Å². The van der Waals surface area contributed by atoms with Crippen LogP contribution in [0.4, 0.5) is 0 Å². The average molecular weight is 547 g/mol. The van der Waals surface area contributed by atoms with Crippen LogP contribution >= 0.6 is 8.24 Å². The highest BCUT2D eigenvalue weighted by Crippen LogP contribution is 2.40. The van der Waals surface area contributed by atoms with Crippen molar-refractivity contribution in [3.05, 3.63) is 109 Å². The SMILES string of the molecule is CC[C@@H](COp1oc2ccc3ccccc3c2c2c(ccc3ccccc32)o1)NC(=O)c1cc2ccccc2[nH]1. The van der Waals surface area contributed by atoms with E-state index in [0.717, 1.165) is 54.4 Å². The van der Waals surface area contributed by atoms with E-state index in [1.165, 1.54) is 0 Å². The molecule has 7 heteroatoms. The van der Waals surface area contributed by atoms with Crippen molar-refractivity contribution in [2.75, 3.05) is 6.61 Å². The molecule has 0 aliphatic rings. The predicted octanol–water partition coefficient (Wildman–Crippen LogP) is 8.71. The molecule has 7 aromatic rings. The fraction of sp³-hybridized carbons (Fsp3) is 0.121. The maximum absolute atomic E-state index is 13.0. The second-order valence-electron chi connectivity index (χ2n) is 9.87. The Hall–Kier alpha value is -4.51. The molecule has 198 valence electrons. The Morgan fingerprint density at radius 3 is 1.98 bits per heavy atom. The molecule has 2 aromatic heterocycles. The molecule has 2 N–H and O–H groups in total. The first-order valence-electron chi connectivity index (χ1n) is 13.4. The van der Waals surface area contributed by atoms with Gasteiger partial charge in [-0.3, -0.25) is 9.32 Å². The van der Waals surface area contributed by atoms with Gasteiger partial charge < -0.3 is 18.7 Å². The fourth-order valence-corrected chi connectivity index (χ4v) is 6.34. The zero-order valence-electron chi connectivity index (χ0n) is 21.9. The zero-order valence-corrected chi connectivity index (χ0v) is 22.8. The van der Waals surface area contributed by atoms with Gasteiger partial charge in [-0.15, -0.1) is 0 Å². The number of fused-ring (bicyclic) bond motifs is 8. The standard InChI is InChI=1S/C33H27N2O4P/c1-2-24(34-33(36)28-19-23-11-5-8-14-27(23)35-28)20-37-40-38-29-17-15-21-9-3-6-12-25(21)31(29)32-26-13-7-4-10-22(26)16-18-30(32)39-40/h3-19,24,35H,2,20H2,1H3,(H,34,36)/t24-/m0/s1. The molecule has 5 aromatic carbocycles. The zero-order chi connectivity index (χ0) is 27.1. The van der Waals surface area contributed by atoms with Crippen molar-refractivity contribution in [2.24, 2.45) is 0 Å². The Morgan fingerprint density at radius 1 is 0.800 bits per heavy atom. The molecule has 0 radical (unpaired) electrons. The van der Waals surface area contributed by atoms with Crippen molar-refractivity contribution >= 4 is 68.5 Å². The first-order chi connectivity index (χ1) is 19.7. The molecular weight excluding hydrogens is 519 g/mol. The molecule has 0 aliphatic heterocycles. The number of aromatic nitrogens is 1.